The van der Waals surface area contributed by atoms with Crippen LogP contribution in [0.2, 0.25) is 0 Å². The third-order valence-electron chi connectivity index (χ3n) is 5.10. The Labute approximate surface area is 117 Å². The van der Waals surface area contributed by atoms with Gasteiger partial charge in [0.05, 0.1) is 6.33 Å². The van der Waals surface area contributed by atoms with Crippen LogP contribution >= 0.6 is 0 Å². The zero-order chi connectivity index (χ0) is 13.9. The van der Waals surface area contributed by atoms with Crippen LogP contribution in [0.4, 0.5) is 0 Å². The number of aromatic nitrogens is 2. The molecule has 1 aliphatic carbocycles. The van der Waals surface area contributed by atoms with Crippen molar-refractivity contribution in [1.29, 1.82) is 0 Å². The lowest BCUT2D eigenvalue weighted by atomic mass is 9.83. The van der Waals surface area contributed by atoms with Crippen LogP contribution in [0.3, 0.4) is 0 Å². The van der Waals surface area contributed by atoms with E-state index < -0.39 is 0 Å². The molecule has 19 heavy (non-hydrogen) atoms. The van der Waals surface area contributed by atoms with Gasteiger partial charge in [-0.3, -0.25) is 0 Å². The lowest BCUT2D eigenvalue weighted by Crippen LogP contribution is -2.26. The smallest absolute Gasteiger partial charge is 0.0948 e. The third kappa shape index (κ3) is 3.02. The number of hydrogen-bond acceptors (Lipinski definition) is 2. The Morgan fingerprint density at radius 1 is 1.37 bits per heavy atom. The molecule has 1 aromatic heterocycles. The van der Waals surface area contributed by atoms with Crippen molar-refractivity contribution in [2.24, 2.45) is 17.1 Å². The molecule has 2 rings (SSSR count). The van der Waals surface area contributed by atoms with Gasteiger partial charge in [0.15, 0.2) is 0 Å². The molecule has 3 heteroatoms. The second kappa shape index (κ2) is 6.08. The van der Waals surface area contributed by atoms with Gasteiger partial charge >= 0.3 is 0 Å². The lowest BCUT2D eigenvalue weighted by Gasteiger charge is -2.30. The van der Waals surface area contributed by atoms with E-state index in [0.717, 1.165) is 6.54 Å². The third-order valence-corrected chi connectivity index (χ3v) is 5.10. The first-order chi connectivity index (χ1) is 9.12. The highest BCUT2D eigenvalue weighted by Gasteiger charge is 2.33. The van der Waals surface area contributed by atoms with E-state index in [0.29, 0.717) is 23.8 Å². The Hall–Kier alpha value is -0.830. The molecule has 1 aromatic rings. The average molecular weight is 263 g/mol. The van der Waals surface area contributed by atoms with Crippen molar-refractivity contribution in [3.63, 3.8) is 0 Å². The molecule has 0 amide bonds. The molecule has 3 nitrogen and oxygen atoms in total. The number of rotatable bonds is 6. The second-order valence-corrected chi connectivity index (χ2v) is 6.59. The maximum absolute atomic E-state index is 5.97. The first-order valence-corrected chi connectivity index (χ1v) is 7.82. The van der Waals surface area contributed by atoms with E-state index in [9.17, 15) is 0 Å². The summed E-state index contributed by atoms with van der Waals surface area (Å²) in [5.41, 5.74) is 7.80. The van der Waals surface area contributed by atoms with Crippen molar-refractivity contribution >= 4 is 0 Å². The number of hydrogen-bond donors (Lipinski definition) is 1. The highest BCUT2D eigenvalue weighted by atomic mass is 15.1. The quantitative estimate of drug-likeness (QED) is 0.853. The molecular formula is C16H29N3. The number of nitrogens with two attached hydrogens (primary N) is 1. The lowest BCUT2D eigenvalue weighted by molar-refractivity contribution is 0.232. The summed E-state index contributed by atoms with van der Waals surface area (Å²) in [5, 5.41) is 0. The molecule has 0 aliphatic heterocycles. The maximum Gasteiger partial charge on any atom is 0.0948 e. The topological polar surface area (TPSA) is 43.8 Å². The Morgan fingerprint density at radius 3 is 2.58 bits per heavy atom. The van der Waals surface area contributed by atoms with Crippen molar-refractivity contribution < 1.29 is 0 Å². The van der Waals surface area contributed by atoms with Crippen LogP contribution in [-0.2, 0) is 6.54 Å². The zero-order valence-electron chi connectivity index (χ0n) is 12.7. The molecule has 108 valence electrons. The van der Waals surface area contributed by atoms with Crippen LogP contribution in [0.5, 0.6) is 0 Å². The second-order valence-electron chi connectivity index (χ2n) is 6.59. The van der Waals surface area contributed by atoms with Gasteiger partial charge in [-0.15, -0.1) is 0 Å². The first-order valence-electron chi connectivity index (χ1n) is 7.82. The summed E-state index contributed by atoms with van der Waals surface area (Å²) < 4.78 is 2.38. The van der Waals surface area contributed by atoms with Gasteiger partial charge in [0.1, 0.15) is 0 Å². The Kier molecular flexibility index (Phi) is 4.67. The van der Waals surface area contributed by atoms with Gasteiger partial charge in [-0.1, -0.05) is 33.6 Å². The molecule has 0 saturated heterocycles. The molecule has 1 saturated carbocycles. The molecule has 2 N–H and O–H groups in total. The van der Waals surface area contributed by atoms with Gasteiger partial charge in [0.25, 0.3) is 0 Å². The van der Waals surface area contributed by atoms with Crippen LogP contribution in [-0.4, -0.2) is 16.1 Å². The number of imidazole rings is 1. The van der Waals surface area contributed by atoms with Crippen molar-refractivity contribution in [2.45, 2.75) is 65.3 Å². The molecule has 1 fully saturated rings. The van der Waals surface area contributed by atoms with Gasteiger partial charge in [-0.05, 0) is 30.6 Å². The minimum atomic E-state index is 0.429. The molecule has 0 bridgehead atoms. The van der Waals surface area contributed by atoms with E-state index >= 15 is 0 Å². The molecule has 1 atom stereocenters. The van der Waals surface area contributed by atoms with Crippen molar-refractivity contribution in [3.05, 3.63) is 18.2 Å². The zero-order valence-corrected chi connectivity index (χ0v) is 12.7. The average Bonchev–Trinajstić information content (AvgIpc) is 3.01. The summed E-state index contributed by atoms with van der Waals surface area (Å²) in [6, 6.07) is 0. The molecular weight excluding hydrogens is 234 g/mol. The van der Waals surface area contributed by atoms with Gasteiger partial charge < -0.3 is 10.3 Å². The fourth-order valence-electron chi connectivity index (χ4n) is 3.62. The Balaban J connectivity index is 2.19. The van der Waals surface area contributed by atoms with E-state index in [1.807, 2.05) is 12.5 Å². The fourth-order valence-corrected chi connectivity index (χ4v) is 3.62. The van der Waals surface area contributed by atoms with Crippen LogP contribution < -0.4 is 5.73 Å². The summed E-state index contributed by atoms with van der Waals surface area (Å²) in [5.74, 6) is 0.999. The SMILES string of the molecule is CCC1(Cn2cncc2C(CN)C(C)C)CCCC1. The molecule has 0 spiro atoms. The molecule has 1 unspecified atom stereocenters. The summed E-state index contributed by atoms with van der Waals surface area (Å²) in [6.45, 7) is 8.68. The van der Waals surface area contributed by atoms with E-state index in [1.54, 1.807) is 0 Å². The monoisotopic (exact) mass is 263 g/mol. The van der Waals surface area contributed by atoms with E-state index in [4.69, 9.17) is 5.73 Å². The van der Waals surface area contributed by atoms with Crippen molar-refractivity contribution in [1.82, 2.24) is 9.55 Å². The minimum Gasteiger partial charge on any atom is -0.334 e. The van der Waals surface area contributed by atoms with E-state index in [2.05, 4.69) is 30.3 Å². The Bertz CT molecular complexity index is 388. The van der Waals surface area contributed by atoms with Crippen LogP contribution in [0.25, 0.3) is 0 Å². The molecule has 1 aliphatic rings. The summed E-state index contributed by atoms with van der Waals surface area (Å²) in [6.07, 6.45) is 10.8. The summed E-state index contributed by atoms with van der Waals surface area (Å²) in [7, 11) is 0. The molecule has 1 heterocycles. The number of nitrogens with zero attached hydrogens (tertiary/aromatic N) is 2. The standard InChI is InChI=1S/C16H29N3/c1-4-16(7-5-6-8-16)11-19-12-18-10-15(19)14(9-17)13(2)3/h10,12-14H,4-9,11,17H2,1-3H3. The Morgan fingerprint density at radius 2 is 2.05 bits per heavy atom. The fraction of sp³-hybridized carbons (Fsp3) is 0.812. The van der Waals surface area contributed by atoms with Gasteiger partial charge in [-0.25, -0.2) is 4.98 Å². The highest BCUT2D eigenvalue weighted by Crippen LogP contribution is 2.43. The maximum atomic E-state index is 5.97. The van der Waals surface area contributed by atoms with E-state index in [-0.39, 0.29) is 0 Å². The predicted octanol–water partition coefficient (Wildman–Crippen LogP) is 3.55. The largest absolute Gasteiger partial charge is 0.334 e. The predicted molar refractivity (Wildman–Crippen MR) is 80.1 cm³/mol. The normalized spacial score (nSPS) is 20.1. The summed E-state index contributed by atoms with van der Waals surface area (Å²) >= 11 is 0. The van der Waals surface area contributed by atoms with Crippen molar-refractivity contribution in [3.8, 4) is 0 Å². The van der Waals surface area contributed by atoms with Gasteiger partial charge in [0.2, 0.25) is 0 Å². The highest BCUT2D eigenvalue weighted by molar-refractivity contribution is 5.09. The van der Waals surface area contributed by atoms with Crippen molar-refractivity contribution in [2.75, 3.05) is 6.54 Å². The molecule has 0 aromatic carbocycles. The first kappa shape index (κ1) is 14.6. The minimum absolute atomic E-state index is 0.429. The summed E-state index contributed by atoms with van der Waals surface area (Å²) in [4.78, 5) is 4.39. The van der Waals surface area contributed by atoms with Crippen LogP contribution in [0.15, 0.2) is 12.5 Å². The van der Waals surface area contributed by atoms with Crippen LogP contribution in [0, 0.1) is 11.3 Å². The van der Waals surface area contributed by atoms with Crippen LogP contribution in [0.1, 0.15) is 64.5 Å². The van der Waals surface area contributed by atoms with Gasteiger partial charge in [0, 0.05) is 30.9 Å². The molecule has 0 radical (unpaired) electrons. The van der Waals surface area contributed by atoms with Gasteiger partial charge in [-0.2, -0.15) is 0 Å². The van der Waals surface area contributed by atoms with E-state index in [1.165, 1.54) is 37.8 Å².